The van der Waals surface area contributed by atoms with Crippen LogP contribution in [-0.4, -0.2) is 11.0 Å². The maximum Gasteiger partial charge on any atom is 0.204 e. The molecule has 0 unspecified atom stereocenters. The van der Waals surface area contributed by atoms with E-state index in [1.54, 1.807) is 0 Å². The molecule has 16 heavy (non-hydrogen) atoms. The Balaban J connectivity index is 0.000000386. The minimum absolute atomic E-state index is 0.250. The summed E-state index contributed by atoms with van der Waals surface area (Å²) in [6.07, 6.45) is 1.36. The number of fused-ring (bicyclic) bond motifs is 1. The first-order valence-corrected chi connectivity index (χ1v) is 5.50. The summed E-state index contributed by atoms with van der Waals surface area (Å²) in [4.78, 5) is 8.58. The molecule has 1 heterocycles. The second kappa shape index (κ2) is 5.95. The van der Waals surface area contributed by atoms with Gasteiger partial charge in [-0.05, 0) is 30.9 Å². The van der Waals surface area contributed by atoms with Crippen molar-refractivity contribution in [2.24, 2.45) is 5.73 Å². The van der Waals surface area contributed by atoms with Crippen molar-refractivity contribution in [1.82, 2.24) is 4.57 Å². The molecular weight excluding hydrogens is 200 g/mol. The van der Waals surface area contributed by atoms with E-state index >= 15 is 0 Å². The fourth-order valence-electron chi connectivity index (χ4n) is 1.93. The van der Waals surface area contributed by atoms with Gasteiger partial charge in [-0.2, -0.15) is 0 Å². The van der Waals surface area contributed by atoms with E-state index in [2.05, 4.69) is 54.5 Å². The van der Waals surface area contributed by atoms with Crippen LogP contribution in [0.2, 0.25) is 0 Å². The number of rotatable bonds is 2. The third-order valence-electron chi connectivity index (χ3n) is 2.57. The Hall–Kier alpha value is -1.77. The van der Waals surface area contributed by atoms with Crippen molar-refractivity contribution in [2.45, 2.75) is 26.8 Å². The average Bonchev–Trinajstić information content (AvgIpc) is 2.67. The van der Waals surface area contributed by atoms with Gasteiger partial charge < -0.3 is 10.3 Å². The summed E-state index contributed by atoms with van der Waals surface area (Å²) in [6, 6.07) is 10.9. The highest BCUT2D eigenvalue weighted by atomic mass is 16.1. The third kappa shape index (κ3) is 2.42. The maximum absolute atomic E-state index is 8.58. The second-order valence-corrected chi connectivity index (χ2v) is 3.43. The Kier molecular flexibility index (Phi) is 4.58. The molecule has 0 radical (unpaired) electrons. The van der Waals surface area contributed by atoms with Gasteiger partial charge in [0.2, 0.25) is 6.41 Å². The number of amides is 1. The molecule has 1 aromatic heterocycles. The van der Waals surface area contributed by atoms with Crippen LogP contribution in [0.1, 0.15) is 19.5 Å². The van der Waals surface area contributed by atoms with E-state index in [9.17, 15) is 0 Å². The quantitative estimate of drug-likeness (QED) is 0.773. The van der Waals surface area contributed by atoms with E-state index in [1.807, 2.05) is 0 Å². The van der Waals surface area contributed by atoms with Crippen molar-refractivity contribution in [2.75, 3.05) is 0 Å². The second-order valence-electron chi connectivity index (χ2n) is 3.43. The highest BCUT2D eigenvalue weighted by Gasteiger charge is 2.03. The van der Waals surface area contributed by atoms with Crippen molar-refractivity contribution in [3.05, 3.63) is 36.0 Å². The molecule has 2 N–H and O–H groups in total. The number of carbonyl (C=O) groups excluding carboxylic acids is 1. The van der Waals surface area contributed by atoms with E-state index in [0.717, 1.165) is 13.0 Å². The van der Waals surface area contributed by atoms with Crippen LogP contribution in [0.3, 0.4) is 0 Å². The number of para-hydroxylation sites is 1. The zero-order valence-electron chi connectivity index (χ0n) is 9.81. The van der Waals surface area contributed by atoms with Crippen LogP contribution in [0.15, 0.2) is 30.3 Å². The van der Waals surface area contributed by atoms with E-state index in [-0.39, 0.29) is 6.41 Å². The van der Waals surface area contributed by atoms with E-state index in [1.165, 1.54) is 16.6 Å². The first-order valence-electron chi connectivity index (χ1n) is 5.50. The maximum atomic E-state index is 8.58. The summed E-state index contributed by atoms with van der Waals surface area (Å²) in [7, 11) is 0. The molecule has 0 saturated carbocycles. The summed E-state index contributed by atoms with van der Waals surface area (Å²) in [5.74, 6) is 0. The lowest BCUT2D eigenvalue weighted by molar-refractivity contribution is -0.106. The van der Waals surface area contributed by atoms with Crippen LogP contribution < -0.4 is 5.73 Å². The van der Waals surface area contributed by atoms with Crippen LogP contribution >= 0.6 is 0 Å². The number of hydrogen-bond donors (Lipinski definition) is 1. The minimum atomic E-state index is 0.250. The monoisotopic (exact) mass is 218 g/mol. The molecular formula is C13H18N2O. The number of nitrogens with two attached hydrogens (primary N) is 1. The molecule has 1 aromatic carbocycles. The first kappa shape index (κ1) is 12.3. The van der Waals surface area contributed by atoms with Gasteiger partial charge in [-0.15, -0.1) is 0 Å². The molecule has 0 aliphatic carbocycles. The highest BCUT2D eigenvalue weighted by Crippen LogP contribution is 2.19. The van der Waals surface area contributed by atoms with E-state index in [4.69, 9.17) is 4.79 Å². The van der Waals surface area contributed by atoms with Crippen molar-refractivity contribution in [3.8, 4) is 0 Å². The normalized spacial score (nSPS) is 9.62. The molecule has 2 rings (SSSR count). The lowest BCUT2D eigenvalue weighted by atomic mass is 10.2. The summed E-state index contributed by atoms with van der Waals surface area (Å²) < 4.78 is 2.38. The number of carbonyl (C=O) groups is 1. The predicted molar refractivity (Wildman–Crippen MR) is 67.2 cm³/mol. The standard InChI is InChI=1S/C12H15N.CH3NO/c1-3-11-9-10-7-5-6-8-12(10)13(11)4-2;2-1-3/h5-9H,3-4H2,1-2H3;1H,(H2,2,3). The lowest BCUT2D eigenvalue weighted by Crippen LogP contribution is -1.98. The van der Waals surface area contributed by atoms with Crippen molar-refractivity contribution in [3.63, 3.8) is 0 Å². The summed E-state index contributed by atoms with van der Waals surface area (Å²) in [5, 5.41) is 1.36. The van der Waals surface area contributed by atoms with Gasteiger partial charge in [-0.25, -0.2) is 0 Å². The van der Waals surface area contributed by atoms with Crippen molar-refractivity contribution in [1.29, 1.82) is 0 Å². The molecule has 0 aliphatic heterocycles. The molecule has 0 bridgehead atoms. The summed E-state index contributed by atoms with van der Waals surface area (Å²) >= 11 is 0. The van der Waals surface area contributed by atoms with Crippen LogP contribution in [0.25, 0.3) is 10.9 Å². The van der Waals surface area contributed by atoms with Gasteiger partial charge >= 0.3 is 0 Å². The fraction of sp³-hybridized carbons (Fsp3) is 0.308. The van der Waals surface area contributed by atoms with Gasteiger partial charge in [0.05, 0.1) is 0 Å². The molecule has 0 saturated heterocycles. The summed E-state index contributed by atoms with van der Waals surface area (Å²) in [6.45, 7) is 5.47. The first-order chi connectivity index (χ1) is 7.78. The number of primary amides is 1. The number of aromatic nitrogens is 1. The van der Waals surface area contributed by atoms with E-state index in [0.29, 0.717) is 0 Å². The predicted octanol–water partition coefficient (Wildman–Crippen LogP) is 2.33. The van der Waals surface area contributed by atoms with E-state index < -0.39 is 0 Å². The lowest BCUT2D eigenvalue weighted by Gasteiger charge is -2.04. The minimum Gasteiger partial charge on any atom is -0.372 e. The van der Waals surface area contributed by atoms with Crippen LogP contribution in [-0.2, 0) is 17.8 Å². The van der Waals surface area contributed by atoms with Gasteiger partial charge in [-0.1, -0.05) is 25.1 Å². The molecule has 3 heteroatoms. The van der Waals surface area contributed by atoms with Crippen molar-refractivity contribution >= 4 is 17.3 Å². The zero-order valence-corrected chi connectivity index (χ0v) is 9.81. The van der Waals surface area contributed by atoms with Gasteiger partial charge in [-0.3, -0.25) is 4.79 Å². The zero-order chi connectivity index (χ0) is 12.0. The largest absolute Gasteiger partial charge is 0.372 e. The van der Waals surface area contributed by atoms with Gasteiger partial charge in [0.25, 0.3) is 0 Å². The number of aryl methyl sites for hydroxylation is 2. The molecule has 86 valence electrons. The average molecular weight is 218 g/mol. The molecule has 0 aliphatic rings. The number of hydrogen-bond acceptors (Lipinski definition) is 1. The molecule has 0 fully saturated rings. The molecule has 3 nitrogen and oxygen atoms in total. The number of benzene rings is 1. The Morgan fingerprint density at radius 1 is 1.31 bits per heavy atom. The van der Waals surface area contributed by atoms with Crippen LogP contribution in [0.5, 0.6) is 0 Å². The van der Waals surface area contributed by atoms with Gasteiger partial charge in [0, 0.05) is 17.8 Å². The smallest absolute Gasteiger partial charge is 0.204 e. The number of nitrogens with zero attached hydrogens (tertiary/aromatic N) is 1. The third-order valence-corrected chi connectivity index (χ3v) is 2.57. The molecule has 1 amide bonds. The Bertz CT molecular complexity index is 460. The summed E-state index contributed by atoms with van der Waals surface area (Å²) in [5.41, 5.74) is 6.96. The Morgan fingerprint density at radius 3 is 2.50 bits per heavy atom. The van der Waals surface area contributed by atoms with Crippen LogP contribution in [0, 0.1) is 0 Å². The van der Waals surface area contributed by atoms with Gasteiger partial charge in [0.1, 0.15) is 0 Å². The van der Waals surface area contributed by atoms with Crippen LogP contribution in [0.4, 0.5) is 0 Å². The highest BCUT2D eigenvalue weighted by molar-refractivity contribution is 5.81. The topological polar surface area (TPSA) is 48.0 Å². The Labute approximate surface area is 95.9 Å². The SMILES string of the molecule is CCc1cc2ccccc2n1CC.NC=O. The van der Waals surface area contributed by atoms with Gasteiger partial charge in [0.15, 0.2) is 0 Å². The van der Waals surface area contributed by atoms with Crippen molar-refractivity contribution < 1.29 is 4.79 Å². The molecule has 0 spiro atoms. The fourth-order valence-corrected chi connectivity index (χ4v) is 1.93. The molecule has 0 atom stereocenters. The Morgan fingerprint density at radius 2 is 1.94 bits per heavy atom. The molecule has 2 aromatic rings.